The monoisotopic (exact) mass is 1290 g/mol. The molecule has 12 atom stereocenters. The SMILES string of the molecule is [B][C@H]1CC(O)[C@@H](COP(=O)(O)OP(=O)(O)OP(=O)(O)OP(=O)(O)OP(=O)(O)OP(=O)(O)OCCCCCCNC(=O)CCOCCOCCOCCOCCNC(=O)CCCCCCC(=O)CCCC[C@@H]2SC[C@@H]3NC(=O)N[C@@H]32)O1. The number of urea groups is 1. The van der Waals surface area contributed by atoms with Gasteiger partial charge in [-0.05, 0) is 44.9 Å². The molecule has 3 aliphatic rings. The third kappa shape index (κ3) is 34.2. The molecule has 464 valence electrons. The van der Waals surface area contributed by atoms with Crippen molar-refractivity contribution in [3.8, 4) is 0 Å². The Morgan fingerprint density at radius 3 is 1.61 bits per heavy atom. The second kappa shape index (κ2) is 37.5. The van der Waals surface area contributed by atoms with Crippen LogP contribution in [0.4, 0.5) is 4.79 Å². The van der Waals surface area contributed by atoms with Crippen LogP contribution in [0.2, 0.25) is 0 Å². The molecule has 80 heavy (non-hydrogen) atoms. The first kappa shape index (κ1) is 73.2. The number of ketones is 1. The number of fused-ring (bicyclic) bond motifs is 1. The summed E-state index contributed by atoms with van der Waals surface area (Å²) in [5, 5.41) is 21.6. The molecule has 0 aromatic rings. The lowest BCUT2D eigenvalue weighted by atomic mass is 9.96. The molecule has 0 aromatic heterocycles. The lowest BCUT2D eigenvalue weighted by Crippen LogP contribution is -2.36. The van der Waals surface area contributed by atoms with Crippen LogP contribution >= 0.6 is 58.7 Å². The van der Waals surface area contributed by atoms with E-state index in [4.69, 9.17) is 31.5 Å². The molecular weight excluding hydrogens is 1220 g/mol. The van der Waals surface area contributed by atoms with E-state index in [1.807, 2.05) is 11.8 Å². The highest BCUT2D eigenvalue weighted by Crippen LogP contribution is 2.75. The van der Waals surface area contributed by atoms with E-state index in [-0.39, 0.29) is 81.3 Å². The number of hydrogen-bond acceptors (Lipinski definition) is 24. The van der Waals surface area contributed by atoms with E-state index in [0.717, 1.165) is 50.7 Å². The Morgan fingerprint density at radius 2 is 1.04 bits per heavy atom. The van der Waals surface area contributed by atoms with Crippen molar-refractivity contribution in [1.29, 1.82) is 0 Å². The molecule has 3 aliphatic heterocycles. The first-order valence-corrected chi connectivity index (χ1v) is 35.5. The van der Waals surface area contributed by atoms with Gasteiger partial charge in [-0.2, -0.15) is 33.3 Å². The van der Waals surface area contributed by atoms with Gasteiger partial charge in [-0.1, -0.05) is 32.1 Å². The number of aliphatic hydroxyl groups excluding tert-OH is 1. The second-order valence-corrected chi connectivity index (χ2v) is 28.7. The summed E-state index contributed by atoms with van der Waals surface area (Å²) in [6.45, 7) is 1.49. The summed E-state index contributed by atoms with van der Waals surface area (Å²) in [6.07, 6.45) is 6.55. The number of thioether (sulfide) groups is 1. The van der Waals surface area contributed by atoms with Crippen molar-refractivity contribution in [2.75, 3.05) is 84.9 Å². The third-order valence-electron chi connectivity index (χ3n) is 11.2. The van der Waals surface area contributed by atoms with E-state index in [1.54, 1.807) is 0 Å². The number of rotatable bonds is 48. The van der Waals surface area contributed by atoms with Gasteiger partial charge in [0.2, 0.25) is 11.8 Å². The number of carbonyl (C=O) groups excluding carboxylic acids is 4. The van der Waals surface area contributed by atoms with Gasteiger partial charge < -0.3 is 79.4 Å². The lowest BCUT2D eigenvalue weighted by molar-refractivity contribution is -0.122. The summed E-state index contributed by atoms with van der Waals surface area (Å²) in [7, 11) is -31.1. The quantitative estimate of drug-likeness (QED) is 0.0180. The fraction of sp³-hybridized carbons (Fsp3) is 0.897. The Labute approximate surface area is 468 Å². The minimum Gasteiger partial charge on any atom is -0.390 e. The van der Waals surface area contributed by atoms with Gasteiger partial charge >= 0.3 is 53.0 Å². The molecule has 3 saturated heterocycles. The molecular formula is C39H75BN4O29P6S. The molecule has 2 radical (unpaired) electrons. The zero-order valence-electron chi connectivity index (χ0n) is 43.8. The average molecular weight is 1290 g/mol. The molecule has 11 N–H and O–H groups in total. The molecule has 41 heteroatoms. The second-order valence-electron chi connectivity index (χ2n) is 18.0. The highest BCUT2D eigenvalue weighted by molar-refractivity contribution is 8.00. The summed E-state index contributed by atoms with van der Waals surface area (Å²) in [5.41, 5.74) is 0. The third-order valence-corrected chi connectivity index (χ3v) is 22.0. The highest BCUT2D eigenvalue weighted by Gasteiger charge is 2.50. The van der Waals surface area contributed by atoms with Crippen LogP contribution in [0.3, 0.4) is 0 Å². The number of ether oxygens (including phenoxy) is 5. The fourth-order valence-electron chi connectivity index (χ4n) is 7.59. The van der Waals surface area contributed by atoms with E-state index in [0.29, 0.717) is 83.4 Å². The molecule has 0 aromatic carbocycles. The molecule has 4 amide bonds. The molecule has 3 fully saturated rings. The van der Waals surface area contributed by atoms with Gasteiger partial charge in [0.25, 0.3) is 0 Å². The summed E-state index contributed by atoms with van der Waals surface area (Å²) in [6, 6.07) is -0.653. The van der Waals surface area contributed by atoms with Gasteiger partial charge in [0, 0.05) is 55.8 Å². The van der Waals surface area contributed by atoms with Crippen LogP contribution < -0.4 is 21.3 Å². The number of hydrogen-bond donors (Lipinski definition) is 11. The molecule has 0 saturated carbocycles. The molecule has 0 aliphatic carbocycles. The van der Waals surface area contributed by atoms with Crippen LogP contribution in [-0.2, 0) is 96.1 Å². The van der Waals surface area contributed by atoms with E-state index >= 15 is 0 Å². The van der Waals surface area contributed by atoms with Crippen LogP contribution in [-0.4, -0.2) is 186 Å². The van der Waals surface area contributed by atoms with Crippen molar-refractivity contribution in [3.05, 3.63) is 0 Å². The van der Waals surface area contributed by atoms with Gasteiger partial charge in [0.05, 0.1) is 84.3 Å². The van der Waals surface area contributed by atoms with Gasteiger partial charge in [-0.15, -0.1) is 0 Å². The van der Waals surface area contributed by atoms with Gasteiger partial charge in [-0.3, -0.25) is 23.4 Å². The first-order chi connectivity index (χ1) is 37.6. The lowest BCUT2D eigenvalue weighted by Gasteiger charge is -2.21. The number of unbranched alkanes of at least 4 members (excludes halogenated alkanes) is 7. The van der Waals surface area contributed by atoms with Gasteiger partial charge in [-0.25, -0.2) is 32.2 Å². The van der Waals surface area contributed by atoms with E-state index in [1.165, 1.54) is 0 Å². The molecule has 3 rings (SSSR count). The molecule has 33 nitrogen and oxygen atoms in total. The van der Waals surface area contributed by atoms with E-state index in [9.17, 15) is 81.0 Å². The Balaban J connectivity index is 1.05. The smallest absolute Gasteiger partial charge is 0.390 e. The van der Waals surface area contributed by atoms with Crippen LogP contribution in [0.5, 0.6) is 0 Å². The van der Waals surface area contributed by atoms with Crippen LogP contribution in [0.1, 0.15) is 103 Å². The summed E-state index contributed by atoms with van der Waals surface area (Å²) < 4.78 is 126. The standard InChI is InChI=1S/C39H75BN4O29P6S/c40-35-27-32(46)33(68-35)28-67-75(52,53)70-77(56,57)72-79(60,61)73-78(58,59)71-76(54,55)69-74(50,51)66-18-10-4-3-9-16-41-37(48)15-19-62-21-23-64-25-26-65-24-22-63-20-17-42-36(47)14-6-2-1-5-11-30(45)12-7-8-13-34-38-31(29-80-34)43-39(49)44-38/h31-35,38,46H,1-29H2,(H,41,48)(H,42,47)(H,50,51)(H,52,53)(H,54,55)(H,56,57)(H,58,59)(H,60,61)(H2,43,44,49)/t31-,32?,33+,34-,35+,38-/m0/s1. The van der Waals surface area contributed by atoms with Crippen LogP contribution in [0.15, 0.2) is 0 Å². The number of carbonyl (C=O) groups is 4. The van der Waals surface area contributed by atoms with Crippen LogP contribution in [0.25, 0.3) is 0 Å². The minimum atomic E-state index is -6.43. The maximum atomic E-state index is 12.3. The number of aliphatic hydroxyl groups is 1. The zero-order chi connectivity index (χ0) is 59.3. The van der Waals surface area contributed by atoms with E-state index < -0.39 is 78.4 Å². The van der Waals surface area contributed by atoms with Crippen molar-refractivity contribution in [2.24, 2.45) is 0 Å². The van der Waals surface area contributed by atoms with Gasteiger partial charge in [0.1, 0.15) is 19.7 Å². The van der Waals surface area contributed by atoms with Crippen molar-refractivity contribution in [1.82, 2.24) is 21.3 Å². The highest BCUT2D eigenvalue weighted by atomic mass is 32.2. The predicted octanol–water partition coefficient (Wildman–Crippen LogP) is 3.23. The number of phosphoric ester groups is 2. The number of nitrogens with one attached hydrogen (secondary N) is 4. The van der Waals surface area contributed by atoms with Crippen molar-refractivity contribution < 1.29 is 135 Å². The molecule has 3 heterocycles. The molecule has 0 bridgehead atoms. The topological polar surface area (TPSA) is 471 Å². The molecule has 0 spiro atoms. The van der Waals surface area contributed by atoms with Crippen molar-refractivity contribution in [2.45, 2.75) is 138 Å². The largest absolute Gasteiger partial charge is 0.490 e. The number of phosphoric acid groups is 6. The Bertz CT molecular complexity index is 2220. The fourth-order valence-corrected chi connectivity index (χ4v) is 17.0. The summed E-state index contributed by atoms with van der Waals surface area (Å²) in [4.78, 5) is 106. The molecule has 7 unspecified atom stereocenters. The van der Waals surface area contributed by atoms with Crippen molar-refractivity contribution >= 4 is 90.2 Å². The Kier molecular flexibility index (Phi) is 34.3. The number of amides is 4. The zero-order valence-corrected chi connectivity index (χ0v) is 49.9. The average Bonchev–Trinajstić information content (AvgIpc) is 3.99. The normalized spacial score (nSPS) is 24.5. The predicted molar refractivity (Wildman–Crippen MR) is 280 cm³/mol. The Hall–Kier alpha value is -1.09. The minimum absolute atomic E-state index is 0.0401. The van der Waals surface area contributed by atoms with E-state index in [2.05, 4.69) is 51.9 Å². The van der Waals surface area contributed by atoms with Crippen LogP contribution in [0, 0.1) is 0 Å². The number of Topliss-reactive ketones (excluding diaryl/α,β-unsaturated/α-hetero) is 1. The van der Waals surface area contributed by atoms with Crippen molar-refractivity contribution in [3.63, 3.8) is 0 Å². The maximum Gasteiger partial charge on any atom is 0.490 e. The Morgan fingerprint density at radius 1 is 0.562 bits per heavy atom. The summed E-state index contributed by atoms with van der Waals surface area (Å²) in [5.74, 6) is 0.902. The first-order valence-electron chi connectivity index (χ1n) is 25.5. The summed E-state index contributed by atoms with van der Waals surface area (Å²) >= 11 is 1.89. The maximum absolute atomic E-state index is 12.3. The van der Waals surface area contributed by atoms with Gasteiger partial charge in [0.15, 0.2) is 0 Å².